The zero-order chi connectivity index (χ0) is 18.2. The van der Waals surface area contributed by atoms with Crippen LogP contribution in [-0.2, 0) is 4.79 Å². The number of nitrogens with zero attached hydrogens (tertiary/aromatic N) is 2. The highest BCUT2D eigenvalue weighted by molar-refractivity contribution is 5.91. The fourth-order valence-corrected chi connectivity index (χ4v) is 6.97. The summed E-state index contributed by atoms with van der Waals surface area (Å²) in [5.41, 5.74) is 3.76. The van der Waals surface area contributed by atoms with Gasteiger partial charge in [0.2, 0.25) is 5.91 Å². The topological polar surface area (TPSA) is 39.3 Å². The molecule has 27 heavy (non-hydrogen) atoms. The smallest absolute Gasteiger partial charge is 0.243 e. The molecule has 4 heterocycles. The molecule has 1 amide bonds. The first-order valence-electron chi connectivity index (χ1n) is 10.8. The molecule has 2 aromatic rings. The third kappa shape index (κ3) is 2.00. The second-order valence-electron chi connectivity index (χ2n) is 9.27. The molecule has 0 radical (unpaired) electrons. The van der Waals surface area contributed by atoms with Crippen molar-refractivity contribution in [2.45, 2.75) is 69.5 Å². The van der Waals surface area contributed by atoms with Gasteiger partial charge < -0.3 is 9.88 Å². The molecule has 4 aliphatic rings. The Bertz CT molecular complexity index is 911. The molecule has 4 nitrogen and oxygen atoms in total. The summed E-state index contributed by atoms with van der Waals surface area (Å²) >= 11 is 0. The van der Waals surface area contributed by atoms with E-state index in [9.17, 15) is 4.79 Å². The van der Waals surface area contributed by atoms with E-state index in [1.807, 2.05) is 0 Å². The van der Waals surface area contributed by atoms with Gasteiger partial charge in [0.15, 0.2) is 0 Å². The predicted octanol–water partition coefficient (Wildman–Crippen LogP) is 4.16. The number of H-pyrrole nitrogens is 1. The van der Waals surface area contributed by atoms with Crippen molar-refractivity contribution in [1.82, 2.24) is 14.8 Å². The van der Waals surface area contributed by atoms with Crippen molar-refractivity contribution in [3.63, 3.8) is 0 Å². The molecule has 1 aliphatic carbocycles. The lowest BCUT2D eigenvalue weighted by Crippen LogP contribution is -2.51. The lowest BCUT2D eigenvalue weighted by molar-refractivity contribution is -0.138. The van der Waals surface area contributed by atoms with Gasteiger partial charge in [0.25, 0.3) is 0 Å². The summed E-state index contributed by atoms with van der Waals surface area (Å²) in [4.78, 5) is 22.3. The van der Waals surface area contributed by atoms with Crippen molar-refractivity contribution in [3.05, 3.63) is 35.5 Å². The van der Waals surface area contributed by atoms with E-state index >= 15 is 0 Å². The Balaban J connectivity index is 1.38. The van der Waals surface area contributed by atoms with Crippen LogP contribution in [0, 0.1) is 12.8 Å². The fraction of sp³-hybridized carbons (Fsp3) is 0.609. The number of rotatable bonds is 2. The summed E-state index contributed by atoms with van der Waals surface area (Å²) in [6, 6.07) is 9.51. The van der Waals surface area contributed by atoms with Gasteiger partial charge in [-0.25, -0.2) is 0 Å². The van der Waals surface area contributed by atoms with Gasteiger partial charge in [-0.3, -0.25) is 9.69 Å². The Hall–Kier alpha value is -1.81. The summed E-state index contributed by atoms with van der Waals surface area (Å²) in [6.45, 7) is 4.31. The maximum Gasteiger partial charge on any atom is 0.243 e. The number of aromatic nitrogens is 1. The molecular weight excluding hydrogens is 334 g/mol. The third-order valence-electron chi connectivity index (χ3n) is 8.18. The minimum atomic E-state index is -0.197. The largest absolute Gasteiger partial charge is 0.357 e. The van der Waals surface area contributed by atoms with Crippen LogP contribution in [0.1, 0.15) is 62.2 Å². The Morgan fingerprint density at radius 2 is 1.96 bits per heavy atom. The van der Waals surface area contributed by atoms with E-state index in [0.717, 1.165) is 32.4 Å². The molecule has 1 spiro atoms. The van der Waals surface area contributed by atoms with E-state index in [2.05, 4.69) is 46.0 Å². The number of benzene rings is 1. The number of hydrogen-bond donors (Lipinski definition) is 1. The summed E-state index contributed by atoms with van der Waals surface area (Å²) in [7, 11) is 0. The number of aromatic amines is 1. The maximum absolute atomic E-state index is 13.7. The van der Waals surface area contributed by atoms with Gasteiger partial charge >= 0.3 is 0 Å². The molecule has 1 saturated carbocycles. The molecule has 4 fully saturated rings. The van der Waals surface area contributed by atoms with E-state index in [-0.39, 0.29) is 5.54 Å². The van der Waals surface area contributed by atoms with Gasteiger partial charge in [-0.05, 0) is 57.2 Å². The van der Waals surface area contributed by atoms with Crippen molar-refractivity contribution in [2.24, 2.45) is 5.92 Å². The van der Waals surface area contributed by atoms with Crippen LogP contribution in [-0.4, -0.2) is 45.4 Å². The van der Waals surface area contributed by atoms with E-state index < -0.39 is 0 Å². The van der Waals surface area contributed by atoms with Crippen molar-refractivity contribution in [3.8, 4) is 0 Å². The van der Waals surface area contributed by atoms with Crippen LogP contribution in [0.2, 0.25) is 0 Å². The van der Waals surface area contributed by atoms with Crippen molar-refractivity contribution in [1.29, 1.82) is 0 Å². The molecule has 6 rings (SSSR count). The third-order valence-corrected chi connectivity index (χ3v) is 8.18. The number of aryl methyl sites for hydroxylation is 1. The van der Waals surface area contributed by atoms with Gasteiger partial charge in [0.1, 0.15) is 5.54 Å². The molecule has 1 N–H and O–H groups in total. The van der Waals surface area contributed by atoms with Crippen LogP contribution in [0.4, 0.5) is 0 Å². The minimum Gasteiger partial charge on any atom is -0.357 e. The Morgan fingerprint density at radius 3 is 2.78 bits per heavy atom. The normalized spacial score (nSPS) is 34.1. The average molecular weight is 364 g/mol. The standard InChI is InChI=1S/C23H29N3O/c1-15-18-9-4-5-10-19(18)24-21(15)20-13-16-14-25(17-7-2-3-8-17)22(27)23(16)11-6-12-26(20)23/h4-5,9-10,16-17,20,24H,2-3,6-8,11-14H2,1H3/t16-,20-,23-/m0/s1. The van der Waals surface area contributed by atoms with E-state index in [1.54, 1.807) is 0 Å². The molecule has 1 aromatic heterocycles. The summed E-state index contributed by atoms with van der Waals surface area (Å²) in [5.74, 6) is 0.970. The molecule has 1 aromatic carbocycles. The molecule has 3 atom stereocenters. The second-order valence-corrected chi connectivity index (χ2v) is 9.27. The SMILES string of the molecule is Cc1c([C@@H]2C[C@H]3CN(C4CCCC4)C(=O)[C@]34CCCN24)[nH]c2ccccc12. The quantitative estimate of drug-likeness (QED) is 0.870. The first kappa shape index (κ1) is 16.2. The number of hydrogen-bond acceptors (Lipinski definition) is 2. The predicted molar refractivity (Wildman–Crippen MR) is 107 cm³/mol. The minimum absolute atomic E-state index is 0.197. The summed E-state index contributed by atoms with van der Waals surface area (Å²) < 4.78 is 0. The van der Waals surface area contributed by atoms with Gasteiger partial charge in [0.05, 0.1) is 6.04 Å². The first-order valence-corrected chi connectivity index (χ1v) is 10.8. The van der Waals surface area contributed by atoms with Gasteiger partial charge in [0, 0.05) is 35.1 Å². The van der Waals surface area contributed by atoms with Crippen LogP contribution >= 0.6 is 0 Å². The Kier molecular flexibility index (Phi) is 3.36. The van der Waals surface area contributed by atoms with E-state index in [0.29, 0.717) is 23.9 Å². The zero-order valence-corrected chi connectivity index (χ0v) is 16.2. The maximum atomic E-state index is 13.7. The fourth-order valence-electron chi connectivity index (χ4n) is 6.97. The van der Waals surface area contributed by atoms with Crippen LogP contribution in [0.25, 0.3) is 10.9 Å². The van der Waals surface area contributed by atoms with Crippen LogP contribution < -0.4 is 0 Å². The molecule has 0 unspecified atom stereocenters. The van der Waals surface area contributed by atoms with E-state index in [4.69, 9.17) is 0 Å². The Labute approximate surface area is 160 Å². The highest BCUT2D eigenvalue weighted by Gasteiger charge is 2.66. The second kappa shape index (κ2) is 5.60. The average Bonchev–Trinajstić information content (AvgIpc) is 3.46. The van der Waals surface area contributed by atoms with E-state index in [1.165, 1.54) is 47.8 Å². The van der Waals surface area contributed by atoms with Crippen LogP contribution in [0.3, 0.4) is 0 Å². The van der Waals surface area contributed by atoms with Gasteiger partial charge in [-0.2, -0.15) is 0 Å². The lowest BCUT2D eigenvalue weighted by atomic mass is 9.85. The number of para-hydroxylation sites is 1. The number of fused-ring (bicyclic) bond motifs is 1. The zero-order valence-electron chi connectivity index (χ0n) is 16.2. The van der Waals surface area contributed by atoms with Crippen molar-refractivity contribution < 1.29 is 4.79 Å². The lowest BCUT2D eigenvalue weighted by Gasteiger charge is -2.34. The number of nitrogens with one attached hydrogen (secondary N) is 1. The molecule has 3 saturated heterocycles. The van der Waals surface area contributed by atoms with Crippen molar-refractivity contribution in [2.75, 3.05) is 13.1 Å². The summed E-state index contributed by atoms with van der Waals surface area (Å²) in [6.07, 6.45) is 8.40. The van der Waals surface area contributed by atoms with Crippen molar-refractivity contribution >= 4 is 16.8 Å². The molecule has 0 bridgehead atoms. The molecule has 3 aliphatic heterocycles. The number of amides is 1. The molecule has 4 heteroatoms. The highest BCUT2D eigenvalue weighted by atomic mass is 16.2. The van der Waals surface area contributed by atoms with Crippen LogP contribution in [0.15, 0.2) is 24.3 Å². The number of likely N-dealkylation sites (tertiary alicyclic amines) is 1. The molecule has 142 valence electrons. The van der Waals surface area contributed by atoms with Gasteiger partial charge in [-0.1, -0.05) is 31.0 Å². The number of carbonyl (C=O) groups is 1. The summed E-state index contributed by atoms with van der Waals surface area (Å²) in [5, 5.41) is 1.33. The highest BCUT2D eigenvalue weighted by Crippen LogP contribution is 2.57. The first-order chi connectivity index (χ1) is 13.2. The molecular formula is C23H29N3O. The van der Waals surface area contributed by atoms with Gasteiger partial charge in [-0.15, -0.1) is 0 Å². The van der Waals surface area contributed by atoms with Crippen LogP contribution in [0.5, 0.6) is 0 Å². The Morgan fingerprint density at radius 1 is 1.15 bits per heavy atom. The monoisotopic (exact) mass is 363 g/mol. The number of carbonyl (C=O) groups excluding carboxylic acids is 1.